The van der Waals surface area contributed by atoms with E-state index in [0.717, 1.165) is 18.2 Å². The lowest BCUT2D eigenvalue weighted by Gasteiger charge is -2.08. The molecule has 1 aliphatic carbocycles. The second-order valence-corrected chi connectivity index (χ2v) is 5.09. The van der Waals surface area contributed by atoms with Crippen LogP contribution in [-0.2, 0) is 6.54 Å². The highest BCUT2D eigenvalue weighted by atomic mass is 15.3. The lowest BCUT2D eigenvalue weighted by atomic mass is 10.0. The minimum atomic E-state index is 0.0519. The summed E-state index contributed by atoms with van der Waals surface area (Å²) in [6.07, 6.45) is 10.5. The van der Waals surface area contributed by atoms with Crippen molar-refractivity contribution >= 4 is 0 Å². The van der Waals surface area contributed by atoms with Crippen LogP contribution in [0.5, 0.6) is 0 Å². The largest absolute Gasteiger partial charge is 0.323 e. The Morgan fingerprint density at radius 1 is 1.50 bits per heavy atom. The second kappa shape index (κ2) is 5.48. The van der Waals surface area contributed by atoms with Crippen molar-refractivity contribution in [2.45, 2.75) is 58.0 Å². The van der Waals surface area contributed by atoms with Crippen LogP contribution in [0.4, 0.5) is 0 Å². The van der Waals surface area contributed by atoms with Crippen LogP contribution < -0.4 is 5.73 Å². The van der Waals surface area contributed by atoms with Crippen LogP contribution in [-0.4, -0.2) is 9.78 Å². The molecule has 1 atom stereocenters. The third kappa shape index (κ3) is 3.08. The minimum Gasteiger partial charge on any atom is -0.323 e. The van der Waals surface area contributed by atoms with E-state index in [-0.39, 0.29) is 6.04 Å². The highest BCUT2D eigenvalue weighted by Crippen LogP contribution is 2.28. The van der Waals surface area contributed by atoms with Crippen LogP contribution in [0.15, 0.2) is 12.3 Å². The van der Waals surface area contributed by atoms with E-state index in [2.05, 4.69) is 5.10 Å². The molecule has 3 heteroatoms. The van der Waals surface area contributed by atoms with Crippen LogP contribution >= 0.6 is 0 Å². The smallest absolute Gasteiger partial charge is 0.0788 e. The average molecular weight is 221 g/mol. The summed E-state index contributed by atoms with van der Waals surface area (Å²) in [5.41, 5.74) is 6.78. The van der Waals surface area contributed by atoms with Crippen molar-refractivity contribution < 1.29 is 0 Å². The molecule has 3 nitrogen and oxygen atoms in total. The summed E-state index contributed by atoms with van der Waals surface area (Å²) >= 11 is 0. The summed E-state index contributed by atoms with van der Waals surface area (Å²) < 4.78 is 2.04. The zero-order valence-corrected chi connectivity index (χ0v) is 10.2. The number of rotatable bonds is 5. The molecule has 1 aliphatic rings. The van der Waals surface area contributed by atoms with Crippen molar-refractivity contribution in [3.8, 4) is 0 Å². The fraction of sp³-hybridized carbons (Fsp3) is 0.769. The molecule has 0 amide bonds. The number of hydrogen-bond acceptors (Lipinski definition) is 2. The fourth-order valence-electron chi connectivity index (χ4n) is 2.59. The van der Waals surface area contributed by atoms with Crippen LogP contribution in [0, 0.1) is 5.92 Å². The van der Waals surface area contributed by atoms with E-state index in [1.54, 1.807) is 0 Å². The highest BCUT2D eigenvalue weighted by molar-refractivity contribution is 5.03. The van der Waals surface area contributed by atoms with Gasteiger partial charge in [0.2, 0.25) is 0 Å². The maximum atomic E-state index is 5.78. The second-order valence-electron chi connectivity index (χ2n) is 5.09. The Morgan fingerprint density at radius 3 is 2.88 bits per heavy atom. The predicted molar refractivity (Wildman–Crippen MR) is 66.0 cm³/mol. The van der Waals surface area contributed by atoms with Gasteiger partial charge in [0.05, 0.1) is 5.69 Å². The molecule has 1 unspecified atom stereocenters. The van der Waals surface area contributed by atoms with Crippen molar-refractivity contribution in [3.63, 3.8) is 0 Å². The van der Waals surface area contributed by atoms with E-state index in [1.165, 1.54) is 38.5 Å². The zero-order chi connectivity index (χ0) is 11.4. The third-order valence-electron chi connectivity index (χ3n) is 3.60. The summed E-state index contributed by atoms with van der Waals surface area (Å²) in [5, 5.41) is 4.47. The van der Waals surface area contributed by atoms with E-state index >= 15 is 0 Å². The Balaban J connectivity index is 1.72. The van der Waals surface area contributed by atoms with Gasteiger partial charge in [-0.2, -0.15) is 5.10 Å². The molecule has 2 rings (SSSR count). The topological polar surface area (TPSA) is 43.8 Å². The summed E-state index contributed by atoms with van der Waals surface area (Å²) in [5.74, 6) is 0.989. The SMILES string of the molecule is CC(N)c1ccn(CCCC2CCCC2)n1. The monoisotopic (exact) mass is 221 g/mol. The first kappa shape index (κ1) is 11.6. The van der Waals surface area contributed by atoms with Gasteiger partial charge in [0.25, 0.3) is 0 Å². The molecule has 0 aromatic carbocycles. The van der Waals surface area contributed by atoms with Gasteiger partial charge >= 0.3 is 0 Å². The van der Waals surface area contributed by atoms with Gasteiger partial charge in [0.15, 0.2) is 0 Å². The average Bonchev–Trinajstić information content (AvgIpc) is 2.87. The number of hydrogen-bond donors (Lipinski definition) is 1. The quantitative estimate of drug-likeness (QED) is 0.831. The molecule has 0 radical (unpaired) electrons. The van der Waals surface area contributed by atoms with Gasteiger partial charge in [0, 0.05) is 18.8 Å². The van der Waals surface area contributed by atoms with E-state index in [9.17, 15) is 0 Å². The first-order valence-corrected chi connectivity index (χ1v) is 6.54. The Kier molecular flexibility index (Phi) is 3.99. The molecular weight excluding hydrogens is 198 g/mol. The Labute approximate surface area is 98.0 Å². The minimum absolute atomic E-state index is 0.0519. The van der Waals surface area contributed by atoms with Gasteiger partial charge < -0.3 is 5.73 Å². The molecule has 1 aromatic heterocycles. The summed E-state index contributed by atoms with van der Waals surface area (Å²) in [4.78, 5) is 0. The van der Waals surface area contributed by atoms with Crippen molar-refractivity contribution in [1.29, 1.82) is 0 Å². The predicted octanol–water partition coefficient (Wildman–Crippen LogP) is 2.87. The Hall–Kier alpha value is -0.830. The van der Waals surface area contributed by atoms with Gasteiger partial charge in [0.1, 0.15) is 0 Å². The first-order chi connectivity index (χ1) is 7.75. The summed E-state index contributed by atoms with van der Waals surface area (Å²) in [6.45, 7) is 3.02. The number of nitrogens with two attached hydrogens (primary N) is 1. The van der Waals surface area contributed by atoms with E-state index < -0.39 is 0 Å². The maximum Gasteiger partial charge on any atom is 0.0788 e. The molecule has 0 bridgehead atoms. The van der Waals surface area contributed by atoms with Crippen LogP contribution in [0.3, 0.4) is 0 Å². The molecule has 0 spiro atoms. The van der Waals surface area contributed by atoms with Crippen molar-refractivity contribution in [2.24, 2.45) is 11.7 Å². The van der Waals surface area contributed by atoms with Crippen LogP contribution in [0.25, 0.3) is 0 Å². The van der Waals surface area contributed by atoms with E-state index in [0.29, 0.717) is 0 Å². The summed E-state index contributed by atoms with van der Waals surface area (Å²) in [7, 11) is 0. The molecule has 90 valence electrons. The molecule has 1 aromatic rings. The molecule has 1 saturated carbocycles. The molecule has 1 fully saturated rings. The van der Waals surface area contributed by atoms with E-state index in [4.69, 9.17) is 5.73 Å². The normalized spacial score (nSPS) is 19.1. The van der Waals surface area contributed by atoms with Crippen molar-refractivity contribution in [3.05, 3.63) is 18.0 Å². The number of aryl methyl sites for hydroxylation is 1. The molecule has 1 heterocycles. The molecule has 2 N–H and O–H groups in total. The van der Waals surface area contributed by atoms with Gasteiger partial charge in [-0.25, -0.2) is 0 Å². The molecular formula is C13H23N3. The van der Waals surface area contributed by atoms with Crippen LogP contribution in [0.1, 0.15) is 57.2 Å². The third-order valence-corrected chi connectivity index (χ3v) is 3.60. The molecule has 16 heavy (non-hydrogen) atoms. The van der Waals surface area contributed by atoms with Gasteiger partial charge in [-0.05, 0) is 31.7 Å². The van der Waals surface area contributed by atoms with Gasteiger partial charge in [-0.15, -0.1) is 0 Å². The Morgan fingerprint density at radius 2 is 2.25 bits per heavy atom. The number of nitrogens with zero attached hydrogens (tertiary/aromatic N) is 2. The maximum absolute atomic E-state index is 5.78. The fourth-order valence-corrected chi connectivity index (χ4v) is 2.59. The van der Waals surface area contributed by atoms with Crippen molar-refractivity contribution in [2.75, 3.05) is 0 Å². The number of aromatic nitrogens is 2. The summed E-state index contributed by atoms with van der Waals surface area (Å²) in [6, 6.07) is 2.08. The lowest BCUT2D eigenvalue weighted by molar-refractivity contribution is 0.444. The Bertz CT molecular complexity index is 311. The van der Waals surface area contributed by atoms with Gasteiger partial charge in [-0.1, -0.05) is 25.7 Å². The van der Waals surface area contributed by atoms with E-state index in [1.807, 2.05) is 23.9 Å². The standard InChI is InChI=1S/C13H23N3/c1-11(14)13-8-10-16(15-13)9-4-7-12-5-2-3-6-12/h8,10-12H,2-7,9,14H2,1H3. The molecule has 0 saturated heterocycles. The van der Waals surface area contributed by atoms with Gasteiger partial charge in [-0.3, -0.25) is 4.68 Å². The highest BCUT2D eigenvalue weighted by Gasteiger charge is 2.14. The lowest BCUT2D eigenvalue weighted by Crippen LogP contribution is -2.08. The zero-order valence-electron chi connectivity index (χ0n) is 10.2. The molecule has 0 aliphatic heterocycles. The van der Waals surface area contributed by atoms with Crippen molar-refractivity contribution in [1.82, 2.24) is 9.78 Å². The first-order valence-electron chi connectivity index (χ1n) is 6.54. The van der Waals surface area contributed by atoms with Crippen LogP contribution in [0.2, 0.25) is 0 Å².